The first kappa shape index (κ1) is 14.3. The summed E-state index contributed by atoms with van der Waals surface area (Å²) in [6.45, 7) is -0.0539. The molecular formula is C11H12BrN5O3. The van der Waals surface area contributed by atoms with Crippen molar-refractivity contribution in [2.75, 3.05) is 6.54 Å². The third-order valence-electron chi connectivity index (χ3n) is 2.43. The molecule has 0 bridgehead atoms. The van der Waals surface area contributed by atoms with Crippen molar-refractivity contribution in [2.45, 2.75) is 6.10 Å². The summed E-state index contributed by atoms with van der Waals surface area (Å²) in [5, 5.41) is 14.5. The molecule has 0 aromatic carbocycles. The van der Waals surface area contributed by atoms with Gasteiger partial charge in [0.15, 0.2) is 0 Å². The van der Waals surface area contributed by atoms with Crippen LogP contribution in [0.15, 0.2) is 33.5 Å². The van der Waals surface area contributed by atoms with Crippen LogP contribution >= 0.6 is 15.9 Å². The van der Waals surface area contributed by atoms with Crippen LogP contribution in [0.25, 0.3) is 0 Å². The minimum atomic E-state index is -1.05. The number of nitrogens with zero attached hydrogens (tertiary/aromatic N) is 1. The molecule has 0 saturated carbocycles. The summed E-state index contributed by atoms with van der Waals surface area (Å²) < 4.78 is 0.748. The van der Waals surface area contributed by atoms with Crippen LogP contribution in [0.2, 0.25) is 0 Å². The van der Waals surface area contributed by atoms with Crippen molar-refractivity contribution in [1.82, 2.24) is 15.6 Å². The molecule has 2 heterocycles. The predicted octanol–water partition coefficient (Wildman–Crippen LogP) is -0.804. The highest BCUT2D eigenvalue weighted by Gasteiger charge is 2.19. The van der Waals surface area contributed by atoms with E-state index in [1.807, 2.05) is 0 Å². The lowest BCUT2D eigenvalue weighted by atomic mass is 10.2. The van der Waals surface area contributed by atoms with E-state index in [1.54, 1.807) is 12.3 Å². The van der Waals surface area contributed by atoms with Gasteiger partial charge >= 0.3 is 0 Å². The normalized spacial score (nSPS) is 17.8. The maximum Gasteiger partial charge on any atom is 0.276 e. The van der Waals surface area contributed by atoms with Gasteiger partial charge in [0.25, 0.3) is 11.8 Å². The number of rotatable bonds is 4. The van der Waals surface area contributed by atoms with Gasteiger partial charge in [-0.25, -0.2) is 4.99 Å². The standard InChI is InChI=1S/C11H12BrN5O3/c12-5-1-7(14-3-5)9(19)15-4-6(18)2-8-10(20)17-11(13)16-8/h1-3,6,14,18H,4H2,(H,15,19)(H3,13,16,17,20)/b8-2-/t6-/m1/s1. The average Bonchev–Trinajstić information content (AvgIpc) is 2.93. The fraction of sp³-hybridized carbons (Fsp3) is 0.182. The Morgan fingerprint density at radius 3 is 2.95 bits per heavy atom. The SMILES string of the molecule is NC1=N/C(=C\[C@@H](O)CNC(=O)c2cc(Br)c[nH]2)C(=O)N1. The second-order valence-electron chi connectivity index (χ2n) is 4.01. The molecule has 8 nitrogen and oxygen atoms in total. The number of carbonyl (C=O) groups is 2. The zero-order chi connectivity index (χ0) is 14.7. The van der Waals surface area contributed by atoms with E-state index in [2.05, 4.69) is 36.5 Å². The summed E-state index contributed by atoms with van der Waals surface area (Å²) >= 11 is 3.21. The molecule has 0 aliphatic carbocycles. The van der Waals surface area contributed by atoms with Gasteiger partial charge in [-0.05, 0) is 28.1 Å². The van der Waals surface area contributed by atoms with Gasteiger partial charge in [0, 0.05) is 17.2 Å². The number of nitrogens with two attached hydrogens (primary N) is 1. The van der Waals surface area contributed by atoms with Gasteiger partial charge in [-0.3, -0.25) is 14.9 Å². The summed E-state index contributed by atoms with van der Waals surface area (Å²) in [5.74, 6) is -0.873. The van der Waals surface area contributed by atoms with Crippen molar-refractivity contribution in [2.24, 2.45) is 10.7 Å². The first-order valence-corrected chi connectivity index (χ1v) is 6.42. The molecule has 106 valence electrons. The molecule has 0 fully saturated rings. The summed E-state index contributed by atoms with van der Waals surface area (Å²) in [5.41, 5.74) is 5.69. The first-order valence-electron chi connectivity index (χ1n) is 5.63. The van der Waals surface area contributed by atoms with Gasteiger partial charge in [-0.1, -0.05) is 0 Å². The van der Waals surface area contributed by atoms with Gasteiger partial charge in [-0.15, -0.1) is 0 Å². The number of H-pyrrole nitrogens is 1. The topological polar surface area (TPSA) is 133 Å². The number of halogens is 1. The number of aromatic amines is 1. The van der Waals surface area contributed by atoms with Gasteiger partial charge < -0.3 is 21.1 Å². The summed E-state index contributed by atoms with van der Waals surface area (Å²) in [4.78, 5) is 29.5. The van der Waals surface area contributed by atoms with Crippen molar-refractivity contribution in [3.63, 3.8) is 0 Å². The summed E-state index contributed by atoms with van der Waals surface area (Å²) in [6.07, 6.45) is 1.79. The lowest BCUT2D eigenvalue weighted by molar-refractivity contribution is -0.115. The molecular weight excluding hydrogens is 330 g/mol. The third-order valence-corrected chi connectivity index (χ3v) is 2.89. The molecule has 9 heteroatoms. The molecule has 2 amide bonds. The fourth-order valence-corrected chi connectivity index (χ4v) is 1.88. The minimum Gasteiger partial charge on any atom is -0.387 e. The highest BCUT2D eigenvalue weighted by atomic mass is 79.9. The zero-order valence-corrected chi connectivity index (χ0v) is 11.8. The van der Waals surface area contributed by atoms with Gasteiger partial charge in [-0.2, -0.15) is 0 Å². The second-order valence-corrected chi connectivity index (χ2v) is 4.93. The third kappa shape index (κ3) is 3.45. The molecule has 1 aliphatic rings. The summed E-state index contributed by atoms with van der Waals surface area (Å²) in [7, 11) is 0. The van der Waals surface area contributed by atoms with Gasteiger partial charge in [0.1, 0.15) is 11.4 Å². The average molecular weight is 342 g/mol. The van der Waals surface area contributed by atoms with E-state index in [-0.39, 0.29) is 24.1 Å². The van der Waals surface area contributed by atoms with Crippen LogP contribution in [0.4, 0.5) is 0 Å². The summed E-state index contributed by atoms with van der Waals surface area (Å²) in [6, 6.07) is 1.61. The van der Waals surface area contributed by atoms with E-state index < -0.39 is 12.0 Å². The van der Waals surface area contributed by atoms with E-state index >= 15 is 0 Å². The molecule has 2 rings (SSSR count). The predicted molar refractivity (Wildman–Crippen MR) is 74.7 cm³/mol. The number of nitrogens with one attached hydrogen (secondary N) is 3. The Labute approximate surface area is 122 Å². The smallest absolute Gasteiger partial charge is 0.276 e. The van der Waals surface area contributed by atoms with Crippen LogP contribution < -0.4 is 16.4 Å². The molecule has 0 unspecified atom stereocenters. The van der Waals surface area contributed by atoms with Crippen LogP contribution in [0, 0.1) is 0 Å². The van der Waals surface area contributed by atoms with Crippen LogP contribution in [0.3, 0.4) is 0 Å². The Bertz CT molecular complexity index is 607. The first-order chi connectivity index (χ1) is 9.45. The van der Waals surface area contributed by atoms with Crippen molar-refractivity contribution >= 4 is 33.7 Å². The number of aromatic nitrogens is 1. The lowest BCUT2D eigenvalue weighted by Crippen LogP contribution is -2.32. The van der Waals surface area contributed by atoms with E-state index in [1.165, 1.54) is 6.08 Å². The molecule has 6 N–H and O–H groups in total. The Morgan fingerprint density at radius 1 is 1.65 bits per heavy atom. The Kier molecular flexibility index (Phi) is 4.20. The van der Waals surface area contributed by atoms with Gasteiger partial charge in [0.05, 0.1) is 6.10 Å². The molecule has 1 aliphatic heterocycles. The molecule has 0 radical (unpaired) electrons. The van der Waals surface area contributed by atoms with Crippen molar-refractivity contribution in [1.29, 1.82) is 0 Å². The highest BCUT2D eigenvalue weighted by molar-refractivity contribution is 9.10. The Morgan fingerprint density at radius 2 is 2.40 bits per heavy atom. The van der Waals surface area contributed by atoms with Crippen molar-refractivity contribution < 1.29 is 14.7 Å². The number of aliphatic hydroxyl groups excluding tert-OH is 1. The fourth-order valence-electron chi connectivity index (χ4n) is 1.53. The number of aliphatic imine (C=N–C) groups is 1. The molecule has 0 saturated heterocycles. The lowest BCUT2D eigenvalue weighted by Gasteiger charge is -2.07. The maximum absolute atomic E-state index is 11.7. The molecule has 1 aromatic rings. The van der Waals surface area contributed by atoms with E-state index in [0.29, 0.717) is 5.69 Å². The number of amides is 2. The largest absolute Gasteiger partial charge is 0.387 e. The number of aliphatic hydroxyl groups is 1. The zero-order valence-electron chi connectivity index (χ0n) is 10.2. The molecule has 1 atom stereocenters. The van der Waals surface area contributed by atoms with Crippen molar-refractivity contribution in [3.05, 3.63) is 34.2 Å². The minimum absolute atomic E-state index is 0.0197. The van der Waals surface area contributed by atoms with E-state index in [9.17, 15) is 14.7 Å². The van der Waals surface area contributed by atoms with Crippen LogP contribution in [-0.4, -0.2) is 40.5 Å². The number of hydrogen-bond acceptors (Lipinski definition) is 5. The monoisotopic (exact) mass is 341 g/mol. The Hall–Kier alpha value is -2.13. The quantitative estimate of drug-likeness (QED) is 0.458. The van der Waals surface area contributed by atoms with Crippen molar-refractivity contribution in [3.8, 4) is 0 Å². The van der Waals surface area contributed by atoms with Crippen LogP contribution in [-0.2, 0) is 4.79 Å². The maximum atomic E-state index is 11.7. The second kappa shape index (κ2) is 5.88. The molecule has 1 aromatic heterocycles. The van der Waals surface area contributed by atoms with Crippen LogP contribution in [0.5, 0.6) is 0 Å². The molecule has 20 heavy (non-hydrogen) atoms. The number of hydrogen-bond donors (Lipinski definition) is 5. The van der Waals surface area contributed by atoms with Crippen LogP contribution in [0.1, 0.15) is 10.5 Å². The number of guanidine groups is 1. The van der Waals surface area contributed by atoms with E-state index in [0.717, 1.165) is 4.47 Å². The number of carbonyl (C=O) groups excluding carboxylic acids is 2. The Balaban J connectivity index is 1.90. The molecule has 0 spiro atoms. The highest BCUT2D eigenvalue weighted by Crippen LogP contribution is 2.10. The van der Waals surface area contributed by atoms with E-state index in [4.69, 9.17) is 5.73 Å². The van der Waals surface area contributed by atoms with Gasteiger partial charge in [0.2, 0.25) is 5.96 Å².